The summed E-state index contributed by atoms with van der Waals surface area (Å²) in [4.78, 5) is 15.4. The number of carbonyl (C=O) groups is 1. The van der Waals surface area contributed by atoms with Crippen LogP contribution < -0.4 is 10.1 Å². The van der Waals surface area contributed by atoms with Gasteiger partial charge >= 0.3 is 0 Å². The molecule has 1 N–H and O–H groups in total. The Morgan fingerprint density at radius 3 is 2.33 bits per heavy atom. The number of rotatable bonds is 8. The van der Waals surface area contributed by atoms with Gasteiger partial charge in [0.15, 0.2) is 0 Å². The highest BCUT2D eigenvalue weighted by Crippen LogP contribution is 2.28. The van der Waals surface area contributed by atoms with Crippen LogP contribution in [0.4, 0.5) is 0 Å². The molecule has 1 amide bonds. The maximum Gasteiger partial charge on any atom is 0.255 e. The van der Waals surface area contributed by atoms with Gasteiger partial charge in [-0.05, 0) is 56.4 Å². The highest BCUT2D eigenvalue weighted by atomic mass is 16.5. The highest BCUT2D eigenvalue weighted by molar-refractivity contribution is 6.01. The number of nitrogens with one attached hydrogen (secondary N) is 1. The normalized spacial score (nSPS) is 12.2. The quantitative estimate of drug-likeness (QED) is 0.412. The zero-order valence-corrected chi connectivity index (χ0v) is 19.5. The lowest BCUT2D eigenvalue weighted by Gasteiger charge is -2.25. The van der Waals surface area contributed by atoms with Crippen molar-refractivity contribution in [3.05, 3.63) is 94.9 Å². The Bertz CT molecular complexity index is 1230. The maximum absolute atomic E-state index is 13.3. The number of aryl methyl sites for hydroxylation is 2. The minimum Gasteiger partial charge on any atom is -0.488 e. The fourth-order valence-electron chi connectivity index (χ4n) is 3.93. The molecule has 1 heterocycles. The molecule has 3 aromatic carbocycles. The van der Waals surface area contributed by atoms with Gasteiger partial charge in [-0.15, -0.1) is 0 Å². The monoisotopic (exact) mass is 443 g/mol. The fraction of sp³-hybridized carbons (Fsp3) is 0.259. The van der Waals surface area contributed by atoms with Gasteiger partial charge in [0.05, 0.1) is 22.9 Å². The molecule has 0 bridgehead atoms. The van der Waals surface area contributed by atoms with Crippen LogP contribution in [-0.2, 0) is 6.61 Å². The van der Waals surface area contributed by atoms with Crippen molar-refractivity contribution >= 4 is 16.7 Å². The lowest BCUT2D eigenvalue weighted by atomic mass is 10.0. The maximum atomic E-state index is 13.3. The molecular formula is C27H29N3O3. The van der Waals surface area contributed by atoms with Gasteiger partial charge in [-0.25, -0.2) is 0 Å². The van der Waals surface area contributed by atoms with Gasteiger partial charge in [-0.1, -0.05) is 59.8 Å². The number of likely N-dealkylation sites (N-methyl/N-ethyl adjacent to an activating group) is 1. The first-order valence-electron chi connectivity index (χ1n) is 11.0. The van der Waals surface area contributed by atoms with Gasteiger partial charge in [0.25, 0.3) is 5.91 Å². The summed E-state index contributed by atoms with van der Waals surface area (Å²) in [6, 6.07) is 22.0. The summed E-state index contributed by atoms with van der Waals surface area (Å²) in [6.45, 7) is 4.50. The molecule has 33 heavy (non-hydrogen) atoms. The molecule has 4 rings (SSSR count). The largest absolute Gasteiger partial charge is 0.488 e. The zero-order chi connectivity index (χ0) is 23.4. The molecule has 0 aliphatic carbocycles. The summed E-state index contributed by atoms with van der Waals surface area (Å²) < 4.78 is 11.4. The van der Waals surface area contributed by atoms with E-state index in [0.29, 0.717) is 17.9 Å². The molecule has 0 fully saturated rings. The van der Waals surface area contributed by atoms with E-state index in [4.69, 9.17) is 9.26 Å². The molecule has 0 aliphatic heterocycles. The molecule has 0 aliphatic rings. The molecule has 4 aromatic rings. The van der Waals surface area contributed by atoms with E-state index in [1.54, 1.807) is 0 Å². The van der Waals surface area contributed by atoms with Gasteiger partial charge in [0.1, 0.15) is 18.1 Å². The summed E-state index contributed by atoms with van der Waals surface area (Å²) in [6.07, 6.45) is 0. The average Bonchev–Trinajstić information content (AvgIpc) is 3.14. The van der Waals surface area contributed by atoms with Crippen LogP contribution in [-0.4, -0.2) is 36.6 Å². The van der Waals surface area contributed by atoms with E-state index in [9.17, 15) is 4.79 Å². The molecule has 0 saturated carbocycles. The SMILES string of the molecule is Cc1noc(C)c1COc1cc2ccccc2cc1C(=O)NCC(c1ccccc1)N(C)C. The molecule has 1 unspecified atom stereocenters. The van der Waals surface area contributed by atoms with Crippen molar-refractivity contribution in [3.8, 4) is 5.75 Å². The van der Waals surface area contributed by atoms with Crippen LogP contribution in [0.15, 0.2) is 71.3 Å². The first kappa shape index (κ1) is 22.6. The number of nitrogens with zero attached hydrogens (tertiary/aromatic N) is 2. The van der Waals surface area contributed by atoms with Gasteiger partial charge in [0, 0.05) is 6.54 Å². The predicted octanol–water partition coefficient (Wildman–Crippen LogP) is 5.06. The summed E-state index contributed by atoms with van der Waals surface area (Å²) in [5.74, 6) is 1.08. The molecule has 0 saturated heterocycles. The Morgan fingerprint density at radius 1 is 1.03 bits per heavy atom. The van der Waals surface area contributed by atoms with Crippen LogP contribution in [0.25, 0.3) is 10.8 Å². The number of aromatic nitrogens is 1. The van der Waals surface area contributed by atoms with E-state index in [1.165, 1.54) is 0 Å². The van der Waals surface area contributed by atoms with Gasteiger partial charge in [0.2, 0.25) is 0 Å². The van der Waals surface area contributed by atoms with E-state index in [-0.39, 0.29) is 18.6 Å². The average molecular weight is 444 g/mol. The van der Waals surface area contributed by atoms with E-state index in [2.05, 4.69) is 27.5 Å². The van der Waals surface area contributed by atoms with Crippen molar-refractivity contribution in [3.63, 3.8) is 0 Å². The first-order valence-corrected chi connectivity index (χ1v) is 11.0. The topological polar surface area (TPSA) is 67.6 Å². The first-order chi connectivity index (χ1) is 15.9. The third-order valence-corrected chi connectivity index (χ3v) is 5.91. The van der Waals surface area contributed by atoms with Crippen LogP contribution >= 0.6 is 0 Å². The summed E-state index contributed by atoms with van der Waals surface area (Å²) in [5.41, 5.74) is 3.34. The van der Waals surface area contributed by atoms with Crippen LogP contribution in [0.5, 0.6) is 5.75 Å². The summed E-state index contributed by atoms with van der Waals surface area (Å²) >= 11 is 0. The van der Waals surface area contributed by atoms with E-state index in [0.717, 1.165) is 33.4 Å². The Labute approximate surface area is 194 Å². The van der Waals surface area contributed by atoms with Gasteiger partial charge in [-0.3, -0.25) is 4.79 Å². The predicted molar refractivity (Wildman–Crippen MR) is 129 cm³/mol. The van der Waals surface area contributed by atoms with E-state index in [1.807, 2.05) is 82.5 Å². The second-order valence-corrected chi connectivity index (χ2v) is 8.39. The number of ether oxygens (including phenoxy) is 1. The Morgan fingerprint density at radius 2 is 1.70 bits per heavy atom. The van der Waals surface area contributed by atoms with Gasteiger partial charge in [-0.2, -0.15) is 0 Å². The van der Waals surface area contributed by atoms with Crippen LogP contribution in [0.1, 0.15) is 39.0 Å². The minimum absolute atomic E-state index is 0.0577. The van der Waals surface area contributed by atoms with Gasteiger partial charge < -0.3 is 19.5 Å². The number of benzene rings is 3. The number of hydrogen-bond donors (Lipinski definition) is 1. The molecule has 6 nitrogen and oxygen atoms in total. The number of amides is 1. The van der Waals surface area contributed by atoms with Crippen molar-refractivity contribution in [2.75, 3.05) is 20.6 Å². The lowest BCUT2D eigenvalue weighted by molar-refractivity contribution is 0.0937. The van der Waals surface area contributed by atoms with Crippen LogP contribution in [0.3, 0.4) is 0 Å². The lowest BCUT2D eigenvalue weighted by Crippen LogP contribution is -2.34. The van der Waals surface area contributed by atoms with E-state index < -0.39 is 0 Å². The van der Waals surface area contributed by atoms with Crippen molar-refractivity contribution in [1.82, 2.24) is 15.4 Å². The van der Waals surface area contributed by atoms with Crippen molar-refractivity contribution in [2.45, 2.75) is 26.5 Å². The number of fused-ring (bicyclic) bond motifs is 1. The molecule has 1 atom stereocenters. The smallest absolute Gasteiger partial charge is 0.255 e. The number of hydrogen-bond acceptors (Lipinski definition) is 5. The second kappa shape index (κ2) is 9.88. The summed E-state index contributed by atoms with van der Waals surface area (Å²) in [7, 11) is 4.02. The zero-order valence-electron chi connectivity index (χ0n) is 19.5. The fourth-order valence-corrected chi connectivity index (χ4v) is 3.93. The standard InChI is InChI=1S/C27H29N3O3/c1-18-24(19(2)33-29-18)17-32-26-15-22-13-9-8-12-21(22)14-23(26)27(31)28-16-25(30(3)4)20-10-6-5-7-11-20/h5-15,25H,16-17H2,1-4H3,(H,28,31). The Hall–Kier alpha value is -3.64. The molecule has 0 radical (unpaired) electrons. The molecule has 0 spiro atoms. The third-order valence-electron chi connectivity index (χ3n) is 5.91. The van der Waals surface area contributed by atoms with Crippen molar-refractivity contribution < 1.29 is 14.1 Å². The molecule has 1 aromatic heterocycles. The molecule has 6 heteroatoms. The number of carbonyl (C=O) groups excluding carboxylic acids is 1. The molecular weight excluding hydrogens is 414 g/mol. The molecule has 170 valence electrons. The van der Waals surface area contributed by atoms with Crippen molar-refractivity contribution in [1.29, 1.82) is 0 Å². The Balaban J connectivity index is 1.59. The van der Waals surface area contributed by atoms with Crippen LogP contribution in [0.2, 0.25) is 0 Å². The summed E-state index contributed by atoms with van der Waals surface area (Å²) in [5, 5.41) is 9.10. The third kappa shape index (κ3) is 5.07. The highest BCUT2D eigenvalue weighted by Gasteiger charge is 2.19. The van der Waals surface area contributed by atoms with Crippen LogP contribution in [0, 0.1) is 13.8 Å². The Kier molecular flexibility index (Phi) is 6.75. The van der Waals surface area contributed by atoms with Crippen molar-refractivity contribution in [2.24, 2.45) is 0 Å². The van der Waals surface area contributed by atoms with E-state index >= 15 is 0 Å². The second-order valence-electron chi connectivity index (χ2n) is 8.39. The minimum atomic E-state index is -0.169.